The summed E-state index contributed by atoms with van der Waals surface area (Å²) in [5.74, 6) is 2.30. The summed E-state index contributed by atoms with van der Waals surface area (Å²) in [6.45, 7) is 0.740. The monoisotopic (exact) mass is 401 g/mol. The molecule has 2 N–H and O–H groups in total. The van der Waals surface area contributed by atoms with Gasteiger partial charge in [-0.1, -0.05) is 57.9 Å². The third kappa shape index (κ3) is 2.96. The first kappa shape index (κ1) is 15.7. The fraction of sp³-hybridized carbons (Fsp3) is 0.211. The molecule has 24 heavy (non-hydrogen) atoms. The quantitative estimate of drug-likeness (QED) is 0.628. The Morgan fingerprint density at radius 3 is 2.62 bits per heavy atom. The molecular weight excluding hydrogens is 386 g/mol. The minimum atomic E-state index is 0.516. The summed E-state index contributed by atoms with van der Waals surface area (Å²) >= 11 is 9.77. The highest BCUT2D eigenvalue weighted by Crippen LogP contribution is 2.43. The molecule has 0 bridgehead atoms. The predicted molar refractivity (Wildman–Crippen MR) is 102 cm³/mol. The van der Waals surface area contributed by atoms with E-state index in [0.29, 0.717) is 16.8 Å². The predicted octanol–water partition coefficient (Wildman–Crippen LogP) is 5.47. The summed E-state index contributed by atoms with van der Waals surface area (Å²) < 4.78 is 3.10. The zero-order valence-corrected chi connectivity index (χ0v) is 15.4. The van der Waals surface area contributed by atoms with Gasteiger partial charge in [0.2, 0.25) is 0 Å². The Morgan fingerprint density at radius 2 is 1.92 bits per heavy atom. The fourth-order valence-corrected chi connectivity index (χ4v) is 3.55. The Bertz CT molecular complexity index is 885. The molecule has 0 amide bonds. The number of imidazole rings is 1. The number of aromatic nitrogens is 2. The molecule has 1 aliphatic rings. The van der Waals surface area contributed by atoms with Crippen molar-refractivity contribution in [3.05, 3.63) is 69.4 Å². The van der Waals surface area contributed by atoms with Crippen molar-refractivity contribution < 1.29 is 0 Å². The van der Waals surface area contributed by atoms with Gasteiger partial charge in [0.05, 0.1) is 6.54 Å². The molecule has 0 atom stereocenters. The maximum absolute atomic E-state index is 6.51. The van der Waals surface area contributed by atoms with Gasteiger partial charge in [0.1, 0.15) is 17.3 Å². The Labute approximate surface area is 154 Å². The van der Waals surface area contributed by atoms with Crippen molar-refractivity contribution in [1.29, 1.82) is 0 Å². The number of rotatable bonds is 4. The number of anilines is 1. The summed E-state index contributed by atoms with van der Waals surface area (Å²) in [6, 6.07) is 16.1. The van der Waals surface area contributed by atoms with Crippen LogP contribution in [0.3, 0.4) is 0 Å². The minimum Gasteiger partial charge on any atom is -0.383 e. The molecular formula is C19H17BrClN3. The Morgan fingerprint density at radius 1 is 1.17 bits per heavy atom. The fourth-order valence-electron chi connectivity index (χ4n) is 2.95. The van der Waals surface area contributed by atoms with Gasteiger partial charge in [-0.25, -0.2) is 4.98 Å². The van der Waals surface area contributed by atoms with Gasteiger partial charge in [0.15, 0.2) is 0 Å². The number of nitrogens with two attached hydrogens (primary N) is 1. The highest BCUT2D eigenvalue weighted by molar-refractivity contribution is 9.10. The molecule has 1 saturated carbocycles. The van der Waals surface area contributed by atoms with Crippen molar-refractivity contribution in [1.82, 2.24) is 9.55 Å². The van der Waals surface area contributed by atoms with Gasteiger partial charge in [-0.15, -0.1) is 0 Å². The average Bonchev–Trinajstić information content (AvgIpc) is 3.38. The minimum absolute atomic E-state index is 0.516. The lowest BCUT2D eigenvalue weighted by Gasteiger charge is -2.10. The van der Waals surface area contributed by atoms with E-state index in [9.17, 15) is 0 Å². The molecule has 4 rings (SSSR count). The van der Waals surface area contributed by atoms with Gasteiger partial charge in [-0.3, -0.25) is 0 Å². The van der Waals surface area contributed by atoms with Crippen molar-refractivity contribution in [3.8, 4) is 11.3 Å². The third-order valence-electron chi connectivity index (χ3n) is 4.35. The average molecular weight is 403 g/mol. The van der Waals surface area contributed by atoms with Crippen LogP contribution in [0.1, 0.15) is 30.1 Å². The largest absolute Gasteiger partial charge is 0.383 e. The number of benzene rings is 2. The lowest BCUT2D eigenvalue weighted by atomic mass is 10.1. The van der Waals surface area contributed by atoms with Gasteiger partial charge in [-0.05, 0) is 36.6 Å². The van der Waals surface area contributed by atoms with Gasteiger partial charge < -0.3 is 10.3 Å². The van der Waals surface area contributed by atoms with E-state index < -0.39 is 0 Å². The molecule has 1 heterocycles. The van der Waals surface area contributed by atoms with E-state index in [2.05, 4.69) is 32.6 Å². The number of nitrogens with zero attached hydrogens (tertiary/aromatic N) is 2. The molecule has 0 unspecified atom stereocenters. The normalized spacial score (nSPS) is 14.1. The van der Waals surface area contributed by atoms with E-state index in [1.165, 1.54) is 18.4 Å². The van der Waals surface area contributed by atoms with Gasteiger partial charge in [0.25, 0.3) is 0 Å². The van der Waals surface area contributed by atoms with E-state index in [-0.39, 0.29) is 0 Å². The molecule has 1 aromatic heterocycles. The zero-order valence-electron chi connectivity index (χ0n) is 13.0. The van der Waals surface area contributed by atoms with Crippen LogP contribution in [0.15, 0.2) is 53.0 Å². The maximum Gasteiger partial charge on any atom is 0.132 e. The van der Waals surface area contributed by atoms with Crippen molar-refractivity contribution in [3.63, 3.8) is 0 Å². The van der Waals surface area contributed by atoms with Crippen molar-refractivity contribution in [2.45, 2.75) is 25.3 Å². The summed E-state index contributed by atoms with van der Waals surface area (Å²) in [6.07, 6.45) is 2.36. The third-order valence-corrected chi connectivity index (χ3v) is 5.27. The first-order chi connectivity index (χ1) is 11.6. The van der Waals surface area contributed by atoms with Crippen LogP contribution in [0.4, 0.5) is 5.82 Å². The molecule has 0 aliphatic heterocycles. The molecule has 122 valence electrons. The van der Waals surface area contributed by atoms with Crippen LogP contribution in [0.5, 0.6) is 0 Å². The van der Waals surface area contributed by atoms with E-state index in [1.54, 1.807) is 0 Å². The Balaban J connectivity index is 1.82. The number of hydrogen-bond acceptors (Lipinski definition) is 2. The molecule has 3 nitrogen and oxygen atoms in total. The first-order valence-corrected chi connectivity index (χ1v) is 9.16. The van der Waals surface area contributed by atoms with Crippen LogP contribution < -0.4 is 5.73 Å². The van der Waals surface area contributed by atoms with E-state index in [4.69, 9.17) is 22.3 Å². The van der Waals surface area contributed by atoms with Crippen LogP contribution in [-0.2, 0) is 6.54 Å². The molecule has 1 aliphatic carbocycles. The van der Waals surface area contributed by atoms with E-state index in [0.717, 1.165) is 28.1 Å². The van der Waals surface area contributed by atoms with Crippen molar-refractivity contribution >= 4 is 33.3 Å². The SMILES string of the molecule is Nc1c(-c2cc(Cl)ccc2Br)nc(C2CC2)n1Cc1ccccc1. The molecule has 3 aromatic rings. The Hall–Kier alpha value is -1.78. The van der Waals surface area contributed by atoms with Crippen LogP contribution >= 0.6 is 27.5 Å². The lowest BCUT2D eigenvalue weighted by Crippen LogP contribution is -2.07. The number of hydrogen-bond donors (Lipinski definition) is 1. The van der Waals surface area contributed by atoms with Crippen LogP contribution in [-0.4, -0.2) is 9.55 Å². The first-order valence-electron chi connectivity index (χ1n) is 7.98. The summed E-state index contributed by atoms with van der Waals surface area (Å²) in [5, 5.41) is 0.679. The van der Waals surface area contributed by atoms with Crippen LogP contribution in [0.25, 0.3) is 11.3 Å². The highest BCUT2D eigenvalue weighted by atomic mass is 79.9. The number of halogens is 2. The van der Waals surface area contributed by atoms with E-state index >= 15 is 0 Å². The van der Waals surface area contributed by atoms with Gasteiger partial charge in [-0.2, -0.15) is 0 Å². The van der Waals surface area contributed by atoms with Crippen LogP contribution in [0.2, 0.25) is 5.02 Å². The standard InChI is InChI=1S/C19H17BrClN3/c20-16-9-8-14(21)10-15(16)17-18(22)24(19(23-17)13-6-7-13)11-12-4-2-1-3-5-12/h1-5,8-10,13H,6-7,11,22H2. The lowest BCUT2D eigenvalue weighted by molar-refractivity contribution is 0.735. The second kappa shape index (κ2) is 6.26. The van der Waals surface area contributed by atoms with Crippen LogP contribution in [0, 0.1) is 0 Å². The zero-order chi connectivity index (χ0) is 16.7. The second-order valence-electron chi connectivity index (χ2n) is 6.17. The molecule has 2 aromatic carbocycles. The molecule has 0 spiro atoms. The van der Waals surface area contributed by atoms with Gasteiger partial charge in [0, 0.05) is 21.0 Å². The Kier molecular flexibility index (Phi) is 4.10. The van der Waals surface area contributed by atoms with Gasteiger partial charge >= 0.3 is 0 Å². The molecule has 1 fully saturated rings. The molecule has 5 heteroatoms. The topological polar surface area (TPSA) is 43.8 Å². The van der Waals surface area contributed by atoms with Crippen molar-refractivity contribution in [2.75, 3.05) is 5.73 Å². The summed E-state index contributed by atoms with van der Waals surface area (Å²) in [5.41, 5.74) is 9.47. The summed E-state index contributed by atoms with van der Waals surface area (Å²) in [4.78, 5) is 4.89. The smallest absolute Gasteiger partial charge is 0.132 e. The second-order valence-corrected chi connectivity index (χ2v) is 7.46. The highest BCUT2D eigenvalue weighted by Gasteiger charge is 2.31. The van der Waals surface area contributed by atoms with Crippen molar-refractivity contribution in [2.24, 2.45) is 0 Å². The number of nitrogen functional groups attached to an aromatic ring is 1. The molecule has 0 radical (unpaired) electrons. The van der Waals surface area contributed by atoms with E-state index in [1.807, 2.05) is 36.4 Å². The maximum atomic E-state index is 6.51. The summed E-state index contributed by atoms with van der Waals surface area (Å²) in [7, 11) is 0. The molecule has 0 saturated heterocycles.